The maximum atomic E-state index is 12.8. The quantitative estimate of drug-likeness (QED) is 0.276. The number of carbonyl (C=O) groups is 1. The number of hydrogen-bond donors (Lipinski definition) is 1. The van der Waals surface area contributed by atoms with E-state index < -0.39 is 4.92 Å². The van der Waals surface area contributed by atoms with Crippen molar-refractivity contribution in [3.63, 3.8) is 0 Å². The van der Waals surface area contributed by atoms with E-state index in [1.54, 1.807) is 71.9 Å². The number of aromatic nitrogens is 4. The van der Waals surface area contributed by atoms with Crippen LogP contribution in [0, 0.1) is 24.0 Å². The molecule has 0 bridgehead atoms. The summed E-state index contributed by atoms with van der Waals surface area (Å²) in [6.45, 7) is 4.00. The first-order valence-corrected chi connectivity index (χ1v) is 11.0. The summed E-state index contributed by atoms with van der Waals surface area (Å²) in [5.41, 5.74) is 3.01. The first-order valence-electron chi connectivity index (χ1n) is 10.3. The minimum Gasteiger partial charge on any atom is -0.307 e. The molecule has 34 heavy (non-hydrogen) atoms. The largest absolute Gasteiger partial charge is 0.312 e. The van der Waals surface area contributed by atoms with Crippen LogP contribution in [0.1, 0.15) is 32.9 Å². The van der Waals surface area contributed by atoms with Crippen LogP contribution in [-0.2, 0) is 13.1 Å². The molecule has 2 aromatic heterocycles. The number of halogens is 2. The number of amides is 1. The zero-order valence-electron chi connectivity index (χ0n) is 18.3. The number of nitrogens with zero attached hydrogens (tertiary/aromatic N) is 5. The van der Waals surface area contributed by atoms with Gasteiger partial charge in [0.05, 0.1) is 24.2 Å². The highest BCUT2D eigenvalue weighted by Gasteiger charge is 2.21. The molecule has 0 aliphatic carbocycles. The number of nitro groups is 1. The van der Waals surface area contributed by atoms with Gasteiger partial charge in [0.2, 0.25) is 0 Å². The fourth-order valence-corrected chi connectivity index (χ4v) is 4.07. The molecule has 0 saturated carbocycles. The SMILES string of the molecule is Cc1nn(Cc2ccc(C(=O)Nc3ccnn3Cc3ccc(Cl)cc3Cl)cc2)c(C)c1[N+](=O)[O-]. The molecule has 0 aliphatic heterocycles. The second kappa shape index (κ2) is 9.66. The summed E-state index contributed by atoms with van der Waals surface area (Å²) in [4.78, 5) is 23.6. The van der Waals surface area contributed by atoms with E-state index >= 15 is 0 Å². The molecule has 0 aliphatic rings. The van der Waals surface area contributed by atoms with Crippen molar-refractivity contribution in [3.8, 4) is 0 Å². The third-order valence-corrected chi connectivity index (χ3v) is 5.95. The Morgan fingerprint density at radius 2 is 1.79 bits per heavy atom. The van der Waals surface area contributed by atoms with Gasteiger partial charge in [0.1, 0.15) is 17.2 Å². The van der Waals surface area contributed by atoms with E-state index in [-0.39, 0.29) is 11.6 Å². The van der Waals surface area contributed by atoms with Gasteiger partial charge < -0.3 is 5.32 Å². The normalized spacial score (nSPS) is 10.9. The van der Waals surface area contributed by atoms with E-state index in [0.717, 1.165) is 11.1 Å². The lowest BCUT2D eigenvalue weighted by Gasteiger charge is -2.11. The van der Waals surface area contributed by atoms with Crippen LogP contribution >= 0.6 is 23.2 Å². The first-order chi connectivity index (χ1) is 16.2. The molecular formula is C23H20Cl2N6O3. The molecule has 0 spiro atoms. The molecule has 4 aromatic rings. The Morgan fingerprint density at radius 1 is 1.06 bits per heavy atom. The monoisotopic (exact) mass is 498 g/mol. The number of benzene rings is 2. The Morgan fingerprint density at radius 3 is 2.44 bits per heavy atom. The van der Waals surface area contributed by atoms with Crippen molar-refractivity contribution in [2.45, 2.75) is 26.9 Å². The van der Waals surface area contributed by atoms with Crippen molar-refractivity contribution < 1.29 is 9.72 Å². The van der Waals surface area contributed by atoms with E-state index in [1.807, 2.05) is 6.07 Å². The average molecular weight is 499 g/mol. The standard InChI is InChI=1S/C23H20Cl2N6O3/c1-14-22(31(33)34)15(2)29(28-14)12-16-3-5-17(6-4-16)23(32)27-21-9-10-26-30(21)13-18-7-8-19(24)11-20(18)25/h3-11H,12-13H2,1-2H3,(H,27,32). The zero-order valence-corrected chi connectivity index (χ0v) is 19.8. The fourth-order valence-electron chi connectivity index (χ4n) is 3.60. The van der Waals surface area contributed by atoms with Crippen molar-refractivity contribution in [3.05, 3.63) is 103 Å². The molecule has 11 heteroatoms. The van der Waals surface area contributed by atoms with Gasteiger partial charge in [0.15, 0.2) is 0 Å². The molecule has 2 heterocycles. The van der Waals surface area contributed by atoms with Gasteiger partial charge in [-0.1, -0.05) is 41.4 Å². The molecule has 1 amide bonds. The second-order valence-corrected chi connectivity index (χ2v) is 8.54. The van der Waals surface area contributed by atoms with Crippen LogP contribution < -0.4 is 5.32 Å². The maximum absolute atomic E-state index is 12.8. The van der Waals surface area contributed by atoms with E-state index in [0.29, 0.717) is 45.9 Å². The van der Waals surface area contributed by atoms with Gasteiger partial charge in [-0.2, -0.15) is 10.2 Å². The summed E-state index contributed by atoms with van der Waals surface area (Å²) < 4.78 is 3.22. The summed E-state index contributed by atoms with van der Waals surface area (Å²) in [5, 5.41) is 23.6. The second-order valence-electron chi connectivity index (χ2n) is 7.70. The molecule has 1 N–H and O–H groups in total. The van der Waals surface area contributed by atoms with Gasteiger partial charge in [-0.05, 0) is 49.2 Å². The molecule has 4 rings (SSSR count). The van der Waals surface area contributed by atoms with Gasteiger partial charge in [-0.15, -0.1) is 0 Å². The van der Waals surface area contributed by atoms with Crippen LogP contribution in [-0.4, -0.2) is 30.4 Å². The Balaban J connectivity index is 1.45. The smallest absolute Gasteiger partial charge is 0.307 e. The highest BCUT2D eigenvalue weighted by Crippen LogP contribution is 2.24. The number of anilines is 1. The topological polar surface area (TPSA) is 108 Å². The maximum Gasteiger partial charge on any atom is 0.312 e. The summed E-state index contributed by atoms with van der Waals surface area (Å²) in [6.07, 6.45) is 1.59. The molecular weight excluding hydrogens is 479 g/mol. The number of carbonyl (C=O) groups excluding carboxylic acids is 1. The first kappa shape index (κ1) is 23.5. The van der Waals surface area contributed by atoms with E-state index in [2.05, 4.69) is 15.5 Å². The molecule has 0 saturated heterocycles. The van der Waals surface area contributed by atoms with Crippen LogP contribution in [0.3, 0.4) is 0 Å². The zero-order chi connectivity index (χ0) is 24.4. The fraction of sp³-hybridized carbons (Fsp3) is 0.174. The average Bonchev–Trinajstić information content (AvgIpc) is 3.33. The van der Waals surface area contributed by atoms with Crippen molar-refractivity contribution in [2.75, 3.05) is 5.32 Å². The Kier molecular flexibility index (Phi) is 6.67. The molecule has 0 unspecified atom stereocenters. The van der Waals surface area contributed by atoms with Crippen molar-refractivity contribution in [2.24, 2.45) is 0 Å². The van der Waals surface area contributed by atoms with Crippen LogP contribution in [0.5, 0.6) is 0 Å². The minimum absolute atomic E-state index is 0.0208. The Bertz CT molecular complexity index is 1380. The summed E-state index contributed by atoms with van der Waals surface area (Å²) in [7, 11) is 0. The van der Waals surface area contributed by atoms with E-state index in [1.165, 1.54) is 0 Å². The van der Waals surface area contributed by atoms with Crippen LogP contribution in [0.25, 0.3) is 0 Å². The Hall–Kier alpha value is -3.69. The van der Waals surface area contributed by atoms with E-state index in [4.69, 9.17) is 23.2 Å². The Labute approximate surface area is 205 Å². The van der Waals surface area contributed by atoms with Gasteiger partial charge in [0, 0.05) is 21.7 Å². The molecule has 0 fully saturated rings. The summed E-state index contributed by atoms with van der Waals surface area (Å²) >= 11 is 12.2. The highest BCUT2D eigenvalue weighted by molar-refractivity contribution is 6.35. The summed E-state index contributed by atoms with van der Waals surface area (Å²) in [6, 6.07) is 13.9. The highest BCUT2D eigenvalue weighted by atomic mass is 35.5. The summed E-state index contributed by atoms with van der Waals surface area (Å²) in [5.74, 6) is 0.229. The molecule has 9 nitrogen and oxygen atoms in total. The minimum atomic E-state index is -0.423. The van der Waals surface area contributed by atoms with Crippen molar-refractivity contribution in [1.29, 1.82) is 0 Å². The van der Waals surface area contributed by atoms with Gasteiger partial charge in [0.25, 0.3) is 5.91 Å². The third kappa shape index (κ3) is 4.95. The van der Waals surface area contributed by atoms with E-state index in [9.17, 15) is 14.9 Å². The van der Waals surface area contributed by atoms with Gasteiger partial charge >= 0.3 is 5.69 Å². The van der Waals surface area contributed by atoms with Crippen LogP contribution in [0.15, 0.2) is 54.7 Å². The number of hydrogen-bond acceptors (Lipinski definition) is 5. The number of nitrogens with one attached hydrogen (secondary N) is 1. The van der Waals surface area contributed by atoms with Gasteiger partial charge in [-0.25, -0.2) is 4.68 Å². The lowest BCUT2D eigenvalue weighted by Crippen LogP contribution is -2.16. The number of rotatable bonds is 7. The molecule has 0 radical (unpaired) electrons. The third-order valence-electron chi connectivity index (χ3n) is 5.37. The van der Waals surface area contributed by atoms with Crippen LogP contribution in [0.2, 0.25) is 10.0 Å². The predicted molar refractivity (Wildman–Crippen MR) is 130 cm³/mol. The molecule has 174 valence electrons. The van der Waals surface area contributed by atoms with Crippen molar-refractivity contribution >= 4 is 40.6 Å². The lowest BCUT2D eigenvalue weighted by atomic mass is 10.1. The predicted octanol–water partition coefficient (Wildman–Crippen LogP) is 5.26. The van der Waals surface area contributed by atoms with Crippen molar-refractivity contribution in [1.82, 2.24) is 19.6 Å². The molecule has 0 atom stereocenters. The van der Waals surface area contributed by atoms with Crippen LogP contribution in [0.4, 0.5) is 11.5 Å². The lowest BCUT2D eigenvalue weighted by molar-refractivity contribution is -0.386. The number of aryl methyl sites for hydroxylation is 1. The molecule has 2 aromatic carbocycles. The van der Waals surface area contributed by atoms with Gasteiger partial charge in [-0.3, -0.25) is 19.6 Å².